The highest BCUT2D eigenvalue weighted by Gasteiger charge is 2.10. The highest BCUT2D eigenvalue weighted by Crippen LogP contribution is 2.21. The average molecular weight is 423 g/mol. The lowest BCUT2D eigenvalue weighted by atomic mass is 10.1. The molecule has 0 spiro atoms. The molecule has 0 fully saturated rings. The van der Waals surface area contributed by atoms with Gasteiger partial charge in [-0.1, -0.05) is 6.07 Å². The summed E-state index contributed by atoms with van der Waals surface area (Å²) in [5.74, 6) is 0.752. The fraction of sp³-hybridized carbons (Fsp3) is 0.227. The molecule has 1 amide bonds. The first-order chi connectivity index (χ1) is 14.6. The minimum atomic E-state index is -0.144. The Morgan fingerprint density at radius 2 is 2.03 bits per heavy atom. The predicted molar refractivity (Wildman–Crippen MR) is 117 cm³/mol. The van der Waals surface area contributed by atoms with Gasteiger partial charge in [0.15, 0.2) is 0 Å². The summed E-state index contributed by atoms with van der Waals surface area (Å²) in [5.41, 5.74) is 1.98. The van der Waals surface area contributed by atoms with Crippen LogP contribution in [0, 0.1) is 0 Å². The van der Waals surface area contributed by atoms with E-state index in [1.807, 2.05) is 48.7 Å². The second-order valence-electron chi connectivity index (χ2n) is 6.72. The largest absolute Gasteiger partial charge is 0.494 e. The molecule has 3 aromatic heterocycles. The van der Waals surface area contributed by atoms with Crippen molar-refractivity contribution >= 4 is 22.8 Å². The molecule has 1 aromatic carbocycles. The summed E-state index contributed by atoms with van der Waals surface area (Å²) < 4.78 is 8.64. The topological polar surface area (TPSA) is 77.6 Å². The van der Waals surface area contributed by atoms with Crippen LogP contribution in [0.1, 0.15) is 11.8 Å². The van der Waals surface area contributed by atoms with Crippen LogP contribution in [0.5, 0.6) is 5.75 Å². The molecule has 0 aliphatic rings. The van der Waals surface area contributed by atoms with Crippen molar-refractivity contribution in [3.8, 4) is 17.0 Å². The zero-order valence-electron chi connectivity index (χ0n) is 16.6. The van der Waals surface area contributed by atoms with Gasteiger partial charge in [0.25, 0.3) is 5.56 Å². The molecule has 0 atom stereocenters. The summed E-state index contributed by atoms with van der Waals surface area (Å²) in [6.07, 6.45) is 3.80. The van der Waals surface area contributed by atoms with E-state index >= 15 is 0 Å². The number of carbonyl (C=O) groups is 1. The number of fused-ring (bicyclic) bond motifs is 1. The second-order valence-corrected chi connectivity index (χ2v) is 7.75. The van der Waals surface area contributed by atoms with Gasteiger partial charge in [-0.05, 0) is 48.7 Å². The summed E-state index contributed by atoms with van der Waals surface area (Å²) in [7, 11) is 0. The van der Waals surface area contributed by atoms with Crippen molar-refractivity contribution in [1.29, 1.82) is 0 Å². The molecule has 0 bridgehead atoms. The van der Waals surface area contributed by atoms with Gasteiger partial charge < -0.3 is 14.6 Å². The lowest BCUT2D eigenvalue weighted by Crippen LogP contribution is -2.31. The van der Waals surface area contributed by atoms with Gasteiger partial charge in [0.2, 0.25) is 5.91 Å². The normalized spacial score (nSPS) is 11.0. The van der Waals surface area contributed by atoms with Gasteiger partial charge in [-0.25, -0.2) is 4.52 Å². The number of hydrogen-bond acceptors (Lipinski definition) is 5. The Morgan fingerprint density at radius 1 is 1.20 bits per heavy atom. The molecule has 0 aliphatic heterocycles. The number of rotatable bonds is 8. The van der Waals surface area contributed by atoms with E-state index in [9.17, 15) is 9.59 Å². The van der Waals surface area contributed by atoms with Crippen LogP contribution in [0.4, 0.5) is 0 Å². The van der Waals surface area contributed by atoms with Crippen molar-refractivity contribution in [1.82, 2.24) is 19.5 Å². The number of nitrogens with zero attached hydrogens (tertiary/aromatic N) is 3. The van der Waals surface area contributed by atoms with Gasteiger partial charge in [0.05, 0.1) is 18.7 Å². The second kappa shape index (κ2) is 8.96. The van der Waals surface area contributed by atoms with Gasteiger partial charge in [0, 0.05) is 35.9 Å². The van der Waals surface area contributed by atoms with Gasteiger partial charge in [-0.2, -0.15) is 5.10 Å². The lowest BCUT2D eigenvalue weighted by molar-refractivity contribution is -0.120. The zero-order valence-corrected chi connectivity index (χ0v) is 17.4. The number of nitrogens with one attached hydrogen (secondary N) is 1. The Kier molecular flexibility index (Phi) is 5.94. The van der Waals surface area contributed by atoms with E-state index in [2.05, 4.69) is 10.4 Å². The summed E-state index contributed by atoms with van der Waals surface area (Å²) >= 11 is 1.56. The Bertz CT molecular complexity index is 1190. The highest BCUT2D eigenvalue weighted by molar-refractivity contribution is 7.10. The van der Waals surface area contributed by atoms with E-state index in [4.69, 9.17) is 4.74 Å². The first-order valence-corrected chi connectivity index (χ1v) is 10.6. The first kappa shape index (κ1) is 19.9. The van der Waals surface area contributed by atoms with Crippen LogP contribution in [0.25, 0.3) is 16.8 Å². The number of thiophene rings is 1. The SMILES string of the molecule is CCOc1ccc(-c2cc3c(=O)n(CCNC(=O)Cc4cccs4)ccn3n2)cc1. The van der Waals surface area contributed by atoms with Crippen molar-refractivity contribution in [3.63, 3.8) is 0 Å². The number of amides is 1. The molecule has 1 N–H and O–H groups in total. The molecule has 0 saturated heterocycles. The molecule has 7 nitrogen and oxygen atoms in total. The standard InChI is InChI=1S/C22H22N4O3S/c1-2-29-17-7-5-16(6-8-17)19-15-20-22(28)25(11-12-26(20)24-19)10-9-23-21(27)14-18-4-3-13-30-18/h3-8,11-13,15H,2,9-10,14H2,1H3,(H,23,27). The van der Waals surface area contributed by atoms with Crippen LogP contribution in [-0.4, -0.2) is 33.2 Å². The van der Waals surface area contributed by atoms with Gasteiger partial charge in [-0.3, -0.25) is 9.59 Å². The third-order valence-electron chi connectivity index (χ3n) is 4.65. The van der Waals surface area contributed by atoms with Crippen LogP contribution in [-0.2, 0) is 17.8 Å². The summed E-state index contributed by atoms with van der Waals surface area (Å²) in [4.78, 5) is 25.8. The van der Waals surface area contributed by atoms with E-state index in [1.165, 1.54) is 0 Å². The maximum Gasteiger partial charge on any atom is 0.276 e. The van der Waals surface area contributed by atoms with Gasteiger partial charge in [0.1, 0.15) is 11.3 Å². The molecule has 0 unspecified atom stereocenters. The van der Waals surface area contributed by atoms with Crippen molar-refractivity contribution in [2.24, 2.45) is 0 Å². The molecule has 0 saturated carbocycles. The van der Waals surface area contributed by atoms with Crippen LogP contribution < -0.4 is 15.6 Å². The van der Waals surface area contributed by atoms with Crippen LogP contribution in [0.3, 0.4) is 0 Å². The van der Waals surface area contributed by atoms with E-state index in [1.54, 1.807) is 38.9 Å². The van der Waals surface area contributed by atoms with Gasteiger partial charge in [-0.15, -0.1) is 11.3 Å². The summed E-state index contributed by atoms with van der Waals surface area (Å²) in [6.45, 7) is 3.34. The van der Waals surface area contributed by atoms with Gasteiger partial charge >= 0.3 is 0 Å². The molecule has 3 heterocycles. The van der Waals surface area contributed by atoms with Crippen molar-refractivity contribution in [3.05, 3.63) is 75.5 Å². The average Bonchev–Trinajstić information content (AvgIpc) is 3.41. The maximum atomic E-state index is 12.8. The quantitative estimate of drug-likeness (QED) is 0.474. The Labute approximate surface area is 177 Å². The minimum Gasteiger partial charge on any atom is -0.494 e. The number of ether oxygens (including phenoxy) is 1. The van der Waals surface area contributed by atoms with E-state index in [0.29, 0.717) is 31.6 Å². The lowest BCUT2D eigenvalue weighted by Gasteiger charge is -2.07. The molecule has 4 rings (SSSR count). The predicted octanol–water partition coefficient (Wildman–Crippen LogP) is 2.98. The van der Waals surface area contributed by atoms with Crippen molar-refractivity contribution in [2.45, 2.75) is 19.9 Å². The van der Waals surface area contributed by atoms with Crippen LogP contribution in [0.15, 0.2) is 65.0 Å². The Balaban J connectivity index is 1.44. The monoisotopic (exact) mass is 422 g/mol. The number of carbonyl (C=O) groups excluding carboxylic acids is 1. The molecular formula is C22H22N4O3S. The van der Waals surface area contributed by atoms with Crippen molar-refractivity contribution in [2.75, 3.05) is 13.2 Å². The molecule has 154 valence electrons. The third kappa shape index (κ3) is 4.44. The summed E-state index contributed by atoms with van der Waals surface area (Å²) in [5, 5.41) is 9.32. The molecule has 0 aliphatic carbocycles. The molecular weight excluding hydrogens is 400 g/mol. The fourth-order valence-electron chi connectivity index (χ4n) is 3.18. The van der Waals surface area contributed by atoms with Crippen molar-refractivity contribution < 1.29 is 9.53 Å². The Morgan fingerprint density at radius 3 is 2.77 bits per heavy atom. The number of hydrogen-bond donors (Lipinski definition) is 1. The molecule has 4 aromatic rings. The first-order valence-electron chi connectivity index (χ1n) is 9.75. The molecule has 30 heavy (non-hydrogen) atoms. The number of aromatic nitrogens is 3. The molecule has 8 heteroatoms. The van der Waals surface area contributed by atoms with Crippen LogP contribution in [0.2, 0.25) is 0 Å². The minimum absolute atomic E-state index is 0.0475. The summed E-state index contributed by atoms with van der Waals surface area (Å²) in [6, 6.07) is 13.3. The smallest absolute Gasteiger partial charge is 0.276 e. The molecule has 0 radical (unpaired) electrons. The zero-order chi connectivity index (χ0) is 20.9. The third-order valence-corrected chi connectivity index (χ3v) is 5.53. The van der Waals surface area contributed by atoms with E-state index in [0.717, 1.165) is 21.9 Å². The van der Waals surface area contributed by atoms with Crippen LogP contribution >= 0.6 is 11.3 Å². The maximum absolute atomic E-state index is 12.8. The number of benzene rings is 1. The fourth-order valence-corrected chi connectivity index (χ4v) is 3.89. The van der Waals surface area contributed by atoms with E-state index < -0.39 is 0 Å². The Hall–Kier alpha value is -3.39. The van der Waals surface area contributed by atoms with E-state index in [-0.39, 0.29) is 11.5 Å². The highest BCUT2D eigenvalue weighted by atomic mass is 32.1.